The van der Waals surface area contributed by atoms with Crippen LogP contribution in [0.3, 0.4) is 0 Å². The van der Waals surface area contributed by atoms with Crippen LogP contribution in [0.15, 0.2) is 0 Å². The van der Waals surface area contributed by atoms with Crippen LogP contribution >= 0.6 is 0 Å². The molecule has 1 saturated heterocycles. The predicted octanol–water partition coefficient (Wildman–Crippen LogP) is 2.79. The predicted molar refractivity (Wildman–Crippen MR) is 71.7 cm³/mol. The summed E-state index contributed by atoms with van der Waals surface area (Å²) in [4.78, 5) is 0. The lowest BCUT2D eigenvalue weighted by atomic mass is 9.52. The number of hydrogen-bond acceptors (Lipinski definition) is 2. The third kappa shape index (κ3) is 1.62. The second-order valence-electron chi connectivity index (χ2n) is 7.54. The molecule has 0 unspecified atom stereocenters. The van der Waals surface area contributed by atoms with Crippen molar-refractivity contribution in [2.24, 2.45) is 10.8 Å². The standard InChI is InChI=1S/C14H30N2/c1-11(2)10(15-9)12(3,4)14(7,8)16-13(11,5)6/h10,15-16H,1-9H3. The van der Waals surface area contributed by atoms with Crippen molar-refractivity contribution in [3.8, 4) is 0 Å². The van der Waals surface area contributed by atoms with E-state index < -0.39 is 0 Å². The fourth-order valence-corrected chi connectivity index (χ4v) is 3.45. The van der Waals surface area contributed by atoms with Gasteiger partial charge >= 0.3 is 0 Å². The first-order chi connectivity index (χ1) is 6.90. The van der Waals surface area contributed by atoms with Crippen molar-refractivity contribution in [2.45, 2.75) is 72.5 Å². The molecule has 0 bridgehead atoms. The molecular formula is C14H30N2. The van der Waals surface area contributed by atoms with Crippen molar-refractivity contribution in [1.29, 1.82) is 0 Å². The quantitative estimate of drug-likeness (QED) is 0.718. The van der Waals surface area contributed by atoms with Gasteiger partial charge in [-0.3, -0.25) is 0 Å². The van der Waals surface area contributed by atoms with Crippen LogP contribution in [0.25, 0.3) is 0 Å². The van der Waals surface area contributed by atoms with Crippen LogP contribution in [0.4, 0.5) is 0 Å². The minimum atomic E-state index is 0.125. The SMILES string of the molecule is CNC1C(C)(C)C(C)(C)NC(C)(C)C1(C)C. The maximum atomic E-state index is 3.84. The zero-order valence-corrected chi connectivity index (χ0v) is 12.6. The number of piperidine rings is 1. The molecule has 0 atom stereocenters. The summed E-state index contributed by atoms with van der Waals surface area (Å²) in [6.07, 6.45) is 0. The lowest BCUT2D eigenvalue weighted by molar-refractivity contribution is -0.0807. The summed E-state index contributed by atoms with van der Waals surface area (Å²) in [5, 5.41) is 7.39. The first kappa shape index (κ1) is 14.0. The molecule has 1 aliphatic heterocycles. The zero-order valence-electron chi connectivity index (χ0n) is 12.6. The van der Waals surface area contributed by atoms with Crippen LogP contribution < -0.4 is 10.6 Å². The molecule has 2 N–H and O–H groups in total. The van der Waals surface area contributed by atoms with Crippen molar-refractivity contribution in [1.82, 2.24) is 10.6 Å². The number of nitrogens with one attached hydrogen (secondary N) is 2. The summed E-state index contributed by atoms with van der Waals surface area (Å²) in [7, 11) is 2.09. The van der Waals surface area contributed by atoms with E-state index in [-0.39, 0.29) is 21.9 Å². The monoisotopic (exact) mass is 226 g/mol. The van der Waals surface area contributed by atoms with Crippen molar-refractivity contribution >= 4 is 0 Å². The third-order valence-corrected chi connectivity index (χ3v) is 5.58. The lowest BCUT2D eigenvalue weighted by Crippen LogP contribution is -2.78. The van der Waals surface area contributed by atoms with Gasteiger partial charge in [-0.2, -0.15) is 0 Å². The highest BCUT2D eigenvalue weighted by molar-refractivity contribution is 5.17. The normalized spacial score (nSPS) is 31.3. The summed E-state index contributed by atoms with van der Waals surface area (Å²) in [5.74, 6) is 0. The van der Waals surface area contributed by atoms with Crippen LogP contribution in [0, 0.1) is 10.8 Å². The minimum Gasteiger partial charge on any atom is -0.316 e. The molecule has 2 nitrogen and oxygen atoms in total. The first-order valence-electron chi connectivity index (χ1n) is 6.37. The van der Waals surface area contributed by atoms with E-state index in [1.165, 1.54) is 0 Å². The average molecular weight is 226 g/mol. The van der Waals surface area contributed by atoms with Gasteiger partial charge in [-0.1, -0.05) is 27.7 Å². The van der Waals surface area contributed by atoms with Crippen LogP contribution in [0.2, 0.25) is 0 Å². The smallest absolute Gasteiger partial charge is 0.0201 e. The average Bonchev–Trinajstić information content (AvgIpc) is 1.99. The second-order valence-corrected chi connectivity index (χ2v) is 7.54. The third-order valence-electron chi connectivity index (χ3n) is 5.58. The summed E-state index contributed by atoms with van der Waals surface area (Å²) in [6, 6.07) is 0.492. The van der Waals surface area contributed by atoms with Crippen molar-refractivity contribution in [3.63, 3.8) is 0 Å². The Balaban J connectivity index is 3.29. The van der Waals surface area contributed by atoms with Gasteiger partial charge in [0.25, 0.3) is 0 Å². The van der Waals surface area contributed by atoms with Crippen LogP contribution in [-0.4, -0.2) is 24.2 Å². The van der Waals surface area contributed by atoms with Crippen molar-refractivity contribution in [3.05, 3.63) is 0 Å². The summed E-state index contributed by atoms with van der Waals surface area (Å²) in [5.41, 5.74) is 0.668. The Hall–Kier alpha value is -0.0800. The van der Waals surface area contributed by atoms with E-state index in [2.05, 4.69) is 73.1 Å². The molecule has 1 fully saturated rings. The molecule has 96 valence electrons. The molecule has 1 aliphatic rings. The van der Waals surface area contributed by atoms with Gasteiger partial charge in [-0.05, 0) is 45.6 Å². The number of hydrogen-bond donors (Lipinski definition) is 2. The second kappa shape index (κ2) is 3.46. The maximum Gasteiger partial charge on any atom is 0.0201 e. The van der Waals surface area contributed by atoms with Crippen LogP contribution in [0.5, 0.6) is 0 Å². The zero-order chi connectivity index (χ0) is 13.0. The molecule has 0 saturated carbocycles. The Bertz CT molecular complexity index is 248. The Labute approximate surface area is 102 Å². The van der Waals surface area contributed by atoms with E-state index in [4.69, 9.17) is 0 Å². The molecular weight excluding hydrogens is 196 g/mol. The molecule has 16 heavy (non-hydrogen) atoms. The van der Waals surface area contributed by atoms with Crippen LogP contribution in [-0.2, 0) is 0 Å². The molecule has 1 rings (SSSR count). The molecule has 0 aromatic rings. The maximum absolute atomic E-state index is 3.84. The van der Waals surface area contributed by atoms with E-state index in [0.29, 0.717) is 6.04 Å². The summed E-state index contributed by atoms with van der Waals surface area (Å²) < 4.78 is 0. The molecule has 0 aromatic carbocycles. The Morgan fingerprint density at radius 1 is 0.750 bits per heavy atom. The molecule has 0 spiro atoms. The van der Waals surface area contributed by atoms with Gasteiger partial charge in [-0.15, -0.1) is 0 Å². The molecule has 0 radical (unpaired) electrons. The van der Waals surface area contributed by atoms with E-state index >= 15 is 0 Å². The van der Waals surface area contributed by atoms with E-state index in [0.717, 1.165) is 0 Å². The summed E-state index contributed by atoms with van der Waals surface area (Å²) >= 11 is 0. The fraction of sp³-hybridized carbons (Fsp3) is 1.00. The van der Waals surface area contributed by atoms with E-state index in [1.807, 2.05) is 0 Å². The molecule has 2 heteroatoms. The van der Waals surface area contributed by atoms with Gasteiger partial charge in [0.1, 0.15) is 0 Å². The fourth-order valence-electron chi connectivity index (χ4n) is 3.45. The topological polar surface area (TPSA) is 24.1 Å². The Morgan fingerprint density at radius 3 is 1.31 bits per heavy atom. The van der Waals surface area contributed by atoms with Gasteiger partial charge < -0.3 is 10.6 Å². The van der Waals surface area contributed by atoms with E-state index in [1.54, 1.807) is 0 Å². The molecule has 0 aliphatic carbocycles. The molecule has 0 amide bonds. The molecule has 0 aromatic heterocycles. The number of rotatable bonds is 1. The van der Waals surface area contributed by atoms with Gasteiger partial charge in [0.2, 0.25) is 0 Å². The first-order valence-corrected chi connectivity index (χ1v) is 6.37. The van der Waals surface area contributed by atoms with Gasteiger partial charge in [0.05, 0.1) is 0 Å². The van der Waals surface area contributed by atoms with E-state index in [9.17, 15) is 0 Å². The van der Waals surface area contributed by atoms with Gasteiger partial charge in [-0.25, -0.2) is 0 Å². The Morgan fingerprint density at radius 2 is 1.06 bits per heavy atom. The highest BCUT2D eigenvalue weighted by Crippen LogP contribution is 2.51. The van der Waals surface area contributed by atoms with Crippen LogP contribution in [0.1, 0.15) is 55.4 Å². The molecule has 1 heterocycles. The Kier molecular flexibility index (Phi) is 3.02. The van der Waals surface area contributed by atoms with Crippen molar-refractivity contribution < 1.29 is 0 Å². The summed E-state index contributed by atoms with van der Waals surface area (Å²) in [6.45, 7) is 18.7. The largest absolute Gasteiger partial charge is 0.316 e. The minimum absolute atomic E-state index is 0.125. The highest BCUT2D eigenvalue weighted by atomic mass is 15.1. The van der Waals surface area contributed by atoms with Gasteiger partial charge in [0, 0.05) is 17.1 Å². The lowest BCUT2D eigenvalue weighted by Gasteiger charge is -2.65. The highest BCUT2D eigenvalue weighted by Gasteiger charge is 2.59. The van der Waals surface area contributed by atoms with Gasteiger partial charge in [0.15, 0.2) is 0 Å². The van der Waals surface area contributed by atoms with Crippen molar-refractivity contribution in [2.75, 3.05) is 7.05 Å².